The lowest BCUT2D eigenvalue weighted by Crippen LogP contribution is -2.36. The van der Waals surface area contributed by atoms with Crippen molar-refractivity contribution in [3.63, 3.8) is 0 Å². The van der Waals surface area contributed by atoms with E-state index in [-0.39, 0.29) is 5.91 Å². The van der Waals surface area contributed by atoms with Gasteiger partial charge in [-0.25, -0.2) is 0 Å². The second-order valence-corrected chi connectivity index (χ2v) is 4.22. The molecule has 0 heterocycles. The van der Waals surface area contributed by atoms with Crippen LogP contribution in [0.5, 0.6) is 0 Å². The predicted octanol–water partition coefficient (Wildman–Crippen LogP) is 1.09. The van der Waals surface area contributed by atoms with Crippen LogP contribution in [0.15, 0.2) is 24.3 Å². The lowest BCUT2D eigenvalue weighted by atomic mass is 10.1. The average Bonchev–Trinajstić information content (AvgIpc) is 2.40. The summed E-state index contributed by atoms with van der Waals surface area (Å²) in [6.07, 6.45) is 0. The normalized spacial score (nSPS) is 10.4. The molecule has 0 aliphatic rings. The summed E-state index contributed by atoms with van der Waals surface area (Å²) in [6, 6.07) is 7.79. The largest absolute Gasteiger partial charge is 0.338 e. The molecule has 0 bridgehead atoms. The van der Waals surface area contributed by atoms with Crippen LogP contribution in [0.1, 0.15) is 22.8 Å². The van der Waals surface area contributed by atoms with Crippen LogP contribution in [0.4, 0.5) is 0 Å². The van der Waals surface area contributed by atoms with Crippen LogP contribution in [-0.2, 0) is 6.54 Å². The molecule has 0 fully saturated rings. The highest BCUT2D eigenvalue weighted by atomic mass is 16.2. The molecule has 1 rings (SSSR count). The van der Waals surface area contributed by atoms with Gasteiger partial charge >= 0.3 is 0 Å². The van der Waals surface area contributed by atoms with E-state index in [0.717, 1.165) is 31.7 Å². The first-order valence-electron chi connectivity index (χ1n) is 6.40. The Bertz CT molecular complexity index is 362. The minimum atomic E-state index is 0.101. The lowest BCUT2D eigenvalue weighted by Gasteiger charge is -2.20. The van der Waals surface area contributed by atoms with Crippen LogP contribution < -0.4 is 10.6 Å². The van der Waals surface area contributed by atoms with Gasteiger partial charge in [0.2, 0.25) is 0 Å². The third-order valence-electron chi connectivity index (χ3n) is 2.88. The highest BCUT2D eigenvalue weighted by Gasteiger charge is 2.13. The van der Waals surface area contributed by atoms with Crippen LogP contribution in [-0.4, -0.2) is 44.5 Å². The molecule has 0 aromatic heterocycles. The van der Waals surface area contributed by atoms with Gasteiger partial charge in [0.25, 0.3) is 5.91 Å². The van der Waals surface area contributed by atoms with Gasteiger partial charge in [0.1, 0.15) is 0 Å². The lowest BCUT2D eigenvalue weighted by molar-refractivity contribution is 0.0766. The Morgan fingerprint density at radius 1 is 1.17 bits per heavy atom. The van der Waals surface area contributed by atoms with Gasteiger partial charge in [0.15, 0.2) is 0 Å². The molecular weight excluding hydrogens is 226 g/mol. The molecule has 0 atom stereocenters. The molecule has 2 N–H and O–H groups in total. The zero-order valence-corrected chi connectivity index (χ0v) is 11.5. The third kappa shape index (κ3) is 4.13. The number of nitrogens with one attached hydrogen (secondary N) is 2. The highest BCUT2D eigenvalue weighted by Crippen LogP contribution is 2.07. The Labute approximate surface area is 109 Å². The summed E-state index contributed by atoms with van der Waals surface area (Å²) in [5, 5.41) is 6.15. The number of rotatable bonds is 7. The fourth-order valence-corrected chi connectivity index (χ4v) is 1.80. The number of nitrogens with zero attached hydrogens (tertiary/aromatic N) is 1. The van der Waals surface area contributed by atoms with Gasteiger partial charge < -0.3 is 15.5 Å². The fourth-order valence-electron chi connectivity index (χ4n) is 1.80. The van der Waals surface area contributed by atoms with E-state index >= 15 is 0 Å². The number of hydrogen-bond acceptors (Lipinski definition) is 3. The average molecular weight is 249 g/mol. The van der Waals surface area contributed by atoms with Gasteiger partial charge in [-0.3, -0.25) is 4.79 Å². The first kappa shape index (κ1) is 14.7. The smallest absolute Gasteiger partial charge is 0.253 e. The third-order valence-corrected chi connectivity index (χ3v) is 2.88. The molecule has 0 unspecified atom stereocenters. The molecular formula is C14H23N3O. The standard InChI is InChI=1S/C14H23N3O/c1-4-17(10-9-15-2)14(18)13-7-5-12(6-8-13)11-16-3/h5-8,15-16H,4,9-11H2,1-3H3. The molecule has 0 aliphatic heterocycles. The van der Waals surface area contributed by atoms with Gasteiger partial charge in [-0.15, -0.1) is 0 Å². The van der Waals surface area contributed by atoms with Gasteiger partial charge in [-0.1, -0.05) is 12.1 Å². The summed E-state index contributed by atoms with van der Waals surface area (Å²) in [5.41, 5.74) is 1.94. The molecule has 4 nitrogen and oxygen atoms in total. The molecule has 0 radical (unpaired) electrons. The van der Waals surface area contributed by atoms with Crippen LogP contribution >= 0.6 is 0 Å². The summed E-state index contributed by atoms with van der Waals surface area (Å²) >= 11 is 0. The second-order valence-electron chi connectivity index (χ2n) is 4.22. The first-order valence-corrected chi connectivity index (χ1v) is 6.40. The van der Waals surface area contributed by atoms with Crippen molar-refractivity contribution in [3.8, 4) is 0 Å². The minimum Gasteiger partial charge on any atom is -0.338 e. The number of hydrogen-bond donors (Lipinski definition) is 2. The maximum absolute atomic E-state index is 12.2. The SMILES string of the molecule is CCN(CCNC)C(=O)c1ccc(CNC)cc1. The van der Waals surface area contributed by atoms with Crippen LogP contribution in [0.3, 0.4) is 0 Å². The maximum Gasteiger partial charge on any atom is 0.253 e. The van der Waals surface area contributed by atoms with E-state index < -0.39 is 0 Å². The quantitative estimate of drug-likeness (QED) is 0.760. The van der Waals surface area contributed by atoms with Crippen molar-refractivity contribution in [3.05, 3.63) is 35.4 Å². The van der Waals surface area contributed by atoms with E-state index in [0.29, 0.717) is 0 Å². The molecule has 18 heavy (non-hydrogen) atoms. The van der Waals surface area contributed by atoms with Gasteiger partial charge in [0, 0.05) is 31.7 Å². The number of carbonyl (C=O) groups excluding carboxylic acids is 1. The first-order chi connectivity index (χ1) is 8.72. The maximum atomic E-state index is 12.2. The molecule has 1 aromatic carbocycles. The molecule has 4 heteroatoms. The minimum absolute atomic E-state index is 0.101. The zero-order valence-electron chi connectivity index (χ0n) is 11.5. The number of amides is 1. The summed E-state index contributed by atoms with van der Waals surface area (Å²) < 4.78 is 0. The highest BCUT2D eigenvalue weighted by molar-refractivity contribution is 5.94. The monoisotopic (exact) mass is 249 g/mol. The van der Waals surface area contributed by atoms with Gasteiger partial charge in [-0.05, 0) is 38.7 Å². The van der Waals surface area contributed by atoms with Crippen LogP contribution in [0.25, 0.3) is 0 Å². The second kappa shape index (κ2) is 7.84. The number of carbonyl (C=O) groups is 1. The van der Waals surface area contributed by atoms with Crippen molar-refractivity contribution in [2.24, 2.45) is 0 Å². The Morgan fingerprint density at radius 3 is 2.33 bits per heavy atom. The van der Waals surface area contributed by atoms with E-state index in [4.69, 9.17) is 0 Å². The Morgan fingerprint density at radius 2 is 1.83 bits per heavy atom. The predicted molar refractivity (Wildman–Crippen MR) is 74.7 cm³/mol. The summed E-state index contributed by atoms with van der Waals surface area (Å²) in [4.78, 5) is 14.1. The molecule has 0 aliphatic carbocycles. The van der Waals surface area contributed by atoms with Crippen molar-refractivity contribution in [1.29, 1.82) is 0 Å². The van der Waals surface area contributed by atoms with Crippen LogP contribution in [0, 0.1) is 0 Å². The molecule has 0 saturated heterocycles. The number of benzene rings is 1. The van der Waals surface area contributed by atoms with Crippen molar-refractivity contribution in [2.45, 2.75) is 13.5 Å². The molecule has 0 spiro atoms. The van der Waals surface area contributed by atoms with E-state index in [2.05, 4.69) is 10.6 Å². The van der Waals surface area contributed by atoms with E-state index in [1.54, 1.807) is 0 Å². The Kier molecular flexibility index (Phi) is 6.39. The molecule has 0 saturated carbocycles. The van der Waals surface area contributed by atoms with E-state index in [9.17, 15) is 4.79 Å². The molecule has 1 aromatic rings. The van der Waals surface area contributed by atoms with Crippen molar-refractivity contribution >= 4 is 5.91 Å². The Balaban J connectivity index is 2.69. The van der Waals surface area contributed by atoms with Crippen molar-refractivity contribution in [1.82, 2.24) is 15.5 Å². The topological polar surface area (TPSA) is 44.4 Å². The molecule has 1 amide bonds. The Hall–Kier alpha value is -1.39. The van der Waals surface area contributed by atoms with E-state index in [1.807, 2.05) is 50.2 Å². The van der Waals surface area contributed by atoms with Crippen molar-refractivity contribution in [2.75, 3.05) is 33.7 Å². The zero-order chi connectivity index (χ0) is 13.4. The molecule has 100 valence electrons. The van der Waals surface area contributed by atoms with Gasteiger partial charge in [0.05, 0.1) is 0 Å². The summed E-state index contributed by atoms with van der Waals surface area (Å²) in [7, 11) is 3.81. The van der Waals surface area contributed by atoms with Gasteiger partial charge in [-0.2, -0.15) is 0 Å². The number of likely N-dealkylation sites (N-methyl/N-ethyl adjacent to an activating group) is 2. The van der Waals surface area contributed by atoms with Crippen molar-refractivity contribution < 1.29 is 4.79 Å². The summed E-state index contributed by atoms with van der Waals surface area (Å²) in [6.45, 7) is 5.12. The fraction of sp³-hybridized carbons (Fsp3) is 0.500. The van der Waals surface area contributed by atoms with E-state index in [1.165, 1.54) is 5.56 Å². The summed E-state index contributed by atoms with van der Waals surface area (Å²) in [5.74, 6) is 0.101. The van der Waals surface area contributed by atoms with Crippen LogP contribution in [0.2, 0.25) is 0 Å².